The van der Waals surface area contributed by atoms with E-state index in [0.29, 0.717) is 5.69 Å². The number of carbonyl (C=O) groups excluding carboxylic acids is 1. The van der Waals surface area contributed by atoms with Crippen molar-refractivity contribution >= 4 is 27.6 Å². The van der Waals surface area contributed by atoms with Crippen molar-refractivity contribution in [3.8, 4) is 0 Å². The van der Waals surface area contributed by atoms with Gasteiger partial charge in [-0.25, -0.2) is 8.42 Å². The average Bonchev–Trinajstić information content (AvgIpc) is 2.43. The van der Waals surface area contributed by atoms with E-state index in [4.69, 9.17) is 5.11 Å². The van der Waals surface area contributed by atoms with Crippen molar-refractivity contribution < 1.29 is 23.1 Å². The summed E-state index contributed by atoms with van der Waals surface area (Å²) in [5, 5.41) is 9.06. The molecule has 0 aliphatic carbocycles. The lowest BCUT2D eigenvalue weighted by Gasteiger charge is -2.19. The molecule has 0 unspecified atom stereocenters. The van der Waals surface area contributed by atoms with Crippen LogP contribution in [-0.4, -0.2) is 38.5 Å². The second-order valence-corrected chi connectivity index (χ2v) is 6.97. The van der Waals surface area contributed by atoms with Gasteiger partial charge in [0, 0.05) is 19.7 Å². The second-order valence-electron chi connectivity index (χ2n) is 5.25. The Labute approximate surface area is 130 Å². The third-order valence-electron chi connectivity index (χ3n) is 3.22. The van der Waals surface area contributed by atoms with Crippen LogP contribution in [0.3, 0.4) is 0 Å². The third kappa shape index (κ3) is 4.28. The molecule has 1 rings (SSSR count). The molecule has 0 fully saturated rings. The zero-order chi connectivity index (χ0) is 17.1. The second kappa shape index (κ2) is 6.89. The van der Waals surface area contributed by atoms with Crippen LogP contribution < -0.4 is 9.62 Å². The fourth-order valence-corrected chi connectivity index (χ4v) is 3.08. The molecule has 0 spiro atoms. The molecule has 1 atom stereocenters. The number of carboxylic acids is 1. The van der Waals surface area contributed by atoms with Crippen molar-refractivity contribution in [2.24, 2.45) is 5.92 Å². The van der Waals surface area contributed by atoms with E-state index in [0.717, 1.165) is 0 Å². The number of sulfonamides is 1. The molecule has 1 aromatic carbocycles. The summed E-state index contributed by atoms with van der Waals surface area (Å²) in [6, 6.07) is 4.43. The summed E-state index contributed by atoms with van der Waals surface area (Å²) in [5.74, 6) is -1.80. The van der Waals surface area contributed by atoms with Gasteiger partial charge in [0.25, 0.3) is 0 Å². The standard InChI is InChI=1S/C14H20N2O5S/c1-9(2)13(14(18)19)15-22(20,21)12-7-5-11(6-8-12)16(4)10(3)17/h5-9,13,15H,1-4H3,(H,18,19)/t13-/m0/s1. The number of hydrogen-bond acceptors (Lipinski definition) is 4. The number of aliphatic carboxylic acids is 1. The molecule has 0 aliphatic heterocycles. The number of amides is 1. The van der Waals surface area contributed by atoms with Gasteiger partial charge in [-0.1, -0.05) is 13.8 Å². The van der Waals surface area contributed by atoms with E-state index >= 15 is 0 Å². The number of carboxylic acid groups (broad SMARTS) is 1. The lowest BCUT2D eigenvalue weighted by Crippen LogP contribution is -2.44. The Bertz CT molecular complexity index is 652. The van der Waals surface area contributed by atoms with Crippen molar-refractivity contribution in [2.45, 2.75) is 31.7 Å². The lowest BCUT2D eigenvalue weighted by atomic mass is 10.1. The van der Waals surface area contributed by atoms with Crippen LogP contribution in [0.25, 0.3) is 0 Å². The van der Waals surface area contributed by atoms with Gasteiger partial charge in [-0.15, -0.1) is 0 Å². The number of hydrogen-bond donors (Lipinski definition) is 2. The first-order valence-electron chi connectivity index (χ1n) is 6.65. The maximum atomic E-state index is 12.2. The van der Waals surface area contributed by atoms with Crippen molar-refractivity contribution in [1.82, 2.24) is 4.72 Å². The number of rotatable bonds is 6. The van der Waals surface area contributed by atoms with Gasteiger partial charge in [-0.3, -0.25) is 9.59 Å². The summed E-state index contributed by atoms with van der Waals surface area (Å²) < 4.78 is 26.6. The number of benzene rings is 1. The van der Waals surface area contributed by atoms with E-state index in [1.54, 1.807) is 20.9 Å². The Kier molecular flexibility index (Phi) is 5.67. The van der Waals surface area contributed by atoms with Gasteiger partial charge in [0.15, 0.2) is 0 Å². The van der Waals surface area contributed by atoms with E-state index < -0.39 is 28.0 Å². The van der Waals surface area contributed by atoms with E-state index in [1.165, 1.54) is 36.1 Å². The topological polar surface area (TPSA) is 104 Å². The van der Waals surface area contributed by atoms with Crippen molar-refractivity contribution in [2.75, 3.05) is 11.9 Å². The smallest absolute Gasteiger partial charge is 0.322 e. The molecule has 2 N–H and O–H groups in total. The van der Waals surface area contributed by atoms with E-state index in [-0.39, 0.29) is 10.8 Å². The molecule has 22 heavy (non-hydrogen) atoms. The summed E-state index contributed by atoms with van der Waals surface area (Å²) in [5.41, 5.74) is 0.546. The zero-order valence-corrected chi connectivity index (χ0v) is 13.7. The van der Waals surface area contributed by atoms with Crippen LogP contribution >= 0.6 is 0 Å². The molecule has 122 valence electrons. The first-order chi connectivity index (χ1) is 10.1. The molecule has 7 nitrogen and oxygen atoms in total. The van der Waals surface area contributed by atoms with Gasteiger partial charge in [0.1, 0.15) is 6.04 Å². The maximum absolute atomic E-state index is 12.2. The molecular formula is C14H20N2O5S. The van der Waals surface area contributed by atoms with Gasteiger partial charge in [-0.05, 0) is 30.2 Å². The summed E-state index contributed by atoms with van der Waals surface area (Å²) in [6.07, 6.45) is 0. The predicted molar refractivity (Wildman–Crippen MR) is 82.1 cm³/mol. The molecular weight excluding hydrogens is 308 g/mol. The van der Waals surface area contributed by atoms with Crippen LogP contribution in [0.2, 0.25) is 0 Å². The summed E-state index contributed by atoms with van der Waals surface area (Å²) in [7, 11) is -2.37. The molecule has 8 heteroatoms. The fourth-order valence-electron chi connectivity index (χ4n) is 1.74. The Morgan fingerprint density at radius 1 is 1.18 bits per heavy atom. The highest BCUT2D eigenvalue weighted by Gasteiger charge is 2.28. The predicted octanol–water partition coefficient (Wildman–Crippen LogP) is 1.06. The number of anilines is 1. The molecule has 0 bridgehead atoms. The zero-order valence-electron chi connectivity index (χ0n) is 12.9. The summed E-state index contributed by atoms with van der Waals surface area (Å²) >= 11 is 0. The van der Waals surface area contributed by atoms with Crippen LogP contribution in [-0.2, 0) is 19.6 Å². The number of carbonyl (C=O) groups is 2. The van der Waals surface area contributed by atoms with Gasteiger partial charge in [-0.2, -0.15) is 4.72 Å². The van der Waals surface area contributed by atoms with Crippen molar-refractivity contribution in [3.63, 3.8) is 0 Å². The van der Waals surface area contributed by atoms with E-state index in [2.05, 4.69) is 4.72 Å². The van der Waals surface area contributed by atoms with Crippen LogP contribution in [0.1, 0.15) is 20.8 Å². The molecule has 0 aromatic heterocycles. The Morgan fingerprint density at radius 2 is 1.68 bits per heavy atom. The van der Waals surface area contributed by atoms with Gasteiger partial charge < -0.3 is 10.0 Å². The first-order valence-corrected chi connectivity index (χ1v) is 8.14. The summed E-state index contributed by atoms with van der Waals surface area (Å²) in [6.45, 7) is 4.63. The quantitative estimate of drug-likeness (QED) is 0.812. The Morgan fingerprint density at radius 3 is 2.05 bits per heavy atom. The minimum Gasteiger partial charge on any atom is -0.480 e. The molecule has 1 aromatic rings. The van der Waals surface area contributed by atoms with Crippen LogP contribution in [0.5, 0.6) is 0 Å². The molecule has 0 radical (unpaired) electrons. The van der Waals surface area contributed by atoms with E-state index in [9.17, 15) is 18.0 Å². The molecule has 1 amide bonds. The third-order valence-corrected chi connectivity index (χ3v) is 4.68. The number of nitrogens with one attached hydrogen (secondary N) is 1. The van der Waals surface area contributed by atoms with Crippen molar-refractivity contribution in [1.29, 1.82) is 0 Å². The maximum Gasteiger partial charge on any atom is 0.322 e. The molecule has 0 aliphatic rings. The van der Waals surface area contributed by atoms with Gasteiger partial charge in [0.05, 0.1) is 4.90 Å². The fraction of sp³-hybridized carbons (Fsp3) is 0.429. The normalized spacial score (nSPS) is 13.0. The number of nitrogens with zero attached hydrogens (tertiary/aromatic N) is 1. The minimum absolute atomic E-state index is 0.0555. The van der Waals surface area contributed by atoms with Crippen LogP contribution in [0, 0.1) is 5.92 Å². The monoisotopic (exact) mass is 328 g/mol. The molecule has 0 heterocycles. The van der Waals surface area contributed by atoms with Gasteiger partial charge in [0.2, 0.25) is 15.9 Å². The van der Waals surface area contributed by atoms with Gasteiger partial charge >= 0.3 is 5.97 Å². The lowest BCUT2D eigenvalue weighted by molar-refractivity contribution is -0.140. The average molecular weight is 328 g/mol. The van der Waals surface area contributed by atoms with Crippen molar-refractivity contribution in [3.05, 3.63) is 24.3 Å². The highest BCUT2D eigenvalue weighted by Crippen LogP contribution is 2.18. The highest BCUT2D eigenvalue weighted by atomic mass is 32.2. The highest BCUT2D eigenvalue weighted by molar-refractivity contribution is 7.89. The molecule has 0 saturated heterocycles. The molecule has 0 saturated carbocycles. The Hall–Kier alpha value is -1.93. The van der Waals surface area contributed by atoms with Crippen LogP contribution in [0.4, 0.5) is 5.69 Å². The SMILES string of the molecule is CC(=O)N(C)c1ccc(S(=O)(=O)N[C@H](C(=O)O)C(C)C)cc1. The Balaban J connectivity index is 3.04. The minimum atomic E-state index is -3.95. The van der Waals surface area contributed by atoms with E-state index in [1.807, 2.05) is 0 Å². The first kappa shape index (κ1) is 18.1. The largest absolute Gasteiger partial charge is 0.480 e. The summed E-state index contributed by atoms with van der Waals surface area (Å²) in [4.78, 5) is 23.7. The van der Waals surface area contributed by atoms with Crippen LogP contribution in [0.15, 0.2) is 29.2 Å².